The Bertz CT molecular complexity index is 442. The van der Waals surface area contributed by atoms with Crippen LogP contribution in [0.15, 0.2) is 34.9 Å². The quantitative estimate of drug-likeness (QED) is 0.591. The lowest BCUT2D eigenvalue weighted by Gasteiger charge is -2.03. The number of halogens is 1. The molecule has 0 radical (unpaired) electrons. The van der Waals surface area contributed by atoms with Gasteiger partial charge in [0, 0.05) is 16.1 Å². The van der Waals surface area contributed by atoms with Crippen LogP contribution in [0, 0.1) is 0 Å². The summed E-state index contributed by atoms with van der Waals surface area (Å²) >= 11 is 3.36. The van der Waals surface area contributed by atoms with Gasteiger partial charge in [0.1, 0.15) is 0 Å². The highest BCUT2D eigenvalue weighted by Gasteiger charge is 2.00. The number of benzene rings is 1. The van der Waals surface area contributed by atoms with E-state index in [1.807, 2.05) is 24.3 Å². The van der Waals surface area contributed by atoms with Crippen LogP contribution in [-0.2, 0) is 0 Å². The molecule has 0 saturated heterocycles. The Labute approximate surface area is 84.1 Å². The molecular weight excluding hydrogens is 230 g/mol. The van der Waals surface area contributed by atoms with Gasteiger partial charge in [-0.05, 0) is 28.1 Å². The molecule has 0 unspecified atom stereocenters. The minimum absolute atomic E-state index is 0.838. The van der Waals surface area contributed by atoms with Gasteiger partial charge in [-0.1, -0.05) is 12.1 Å². The standard InChI is InChI=1S/C9H8BrN3/c10-7-4-6-2-1-3-8(13-11)9(6)12-5-7/h1-5,13H,11H2. The molecular formula is C9H8BrN3. The van der Waals surface area contributed by atoms with Crippen LogP contribution in [0.1, 0.15) is 0 Å². The number of aromatic nitrogens is 1. The van der Waals surface area contributed by atoms with Crippen LogP contribution >= 0.6 is 15.9 Å². The summed E-state index contributed by atoms with van der Waals surface area (Å²) in [5.74, 6) is 5.35. The second kappa shape index (κ2) is 3.32. The van der Waals surface area contributed by atoms with Crippen molar-refractivity contribution in [2.45, 2.75) is 0 Å². The molecule has 0 amide bonds. The highest BCUT2D eigenvalue weighted by molar-refractivity contribution is 9.10. The normalized spacial score (nSPS) is 10.3. The number of hydrogen-bond acceptors (Lipinski definition) is 3. The highest BCUT2D eigenvalue weighted by atomic mass is 79.9. The number of nitrogen functional groups attached to an aromatic ring is 1. The average molecular weight is 238 g/mol. The fourth-order valence-electron chi connectivity index (χ4n) is 1.25. The highest BCUT2D eigenvalue weighted by Crippen LogP contribution is 2.22. The van der Waals surface area contributed by atoms with Gasteiger partial charge < -0.3 is 5.43 Å². The van der Waals surface area contributed by atoms with Crippen molar-refractivity contribution in [1.29, 1.82) is 0 Å². The zero-order valence-corrected chi connectivity index (χ0v) is 8.38. The number of para-hydroxylation sites is 1. The zero-order valence-electron chi connectivity index (χ0n) is 6.79. The van der Waals surface area contributed by atoms with E-state index in [9.17, 15) is 0 Å². The Hall–Kier alpha value is -1.13. The van der Waals surface area contributed by atoms with Gasteiger partial charge in [-0.25, -0.2) is 0 Å². The van der Waals surface area contributed by atoms with Crippen LogP contribution in [0.2, 0.25) is 0 Å². The van der Waals surface area contributed by atoms with Gasteiger partial charge in [-0.2, -0.15) is 0 Å². The molecule has 0 aliphatic rings. The second-order valence-corrected chi connectivity index (χ2v) is 3.59. The summed E-state index contributed by atoms with van der Waals surface area (Å²) in [6, 6.07) is 7.83. The lowest BCUT2D eigenvalue weighted by atomic mass is 10.2. The van der Waals surface area contributed by atoms with Crippen molar-refractivity contribution in [3.8, 4) is 0 Å². The first-order chi connectivity index (χ1) is 6.31. The molecule has 0 aliphatic heterocycles. The number of anilines is 1. The zero-order chi connectivity index (χ0) is 9.26. The molecule has 0 atom stereocenters. The first kappa shape index (κ1) is 8.47. The summed E-state index contributed by atoms with van der Waals surface area (Å²) in [4.78, 5) is 4.26. The maximum Gasteiger partial charge on any atom is 0.0947 e. The molecule has 1 aromatic carbocycles. The number of rotatable bonds is 1. The molecule has 2 aromatic rings. The van der Waals surface area contributed by atoms with Crippen LogP contribution in [0.3, 0.4) is 0 Å². The van der Waals surface area contributed by atoms with E-state index in [0.29, 0.717) is 0 Å². The number of nitrogens with zero attached hydrogens (tertiary/aromatic N) is 1. The Morgan fingerprint density at radius 2 is 2.23 bits per heavy atom. The molecule has 4 heteroatoms. The van der Waals surface area contributed by atoms with E-state index in [2.05, 4.69) is 26.3 Å². The molecule has 3 nitrogen and oxygen atoms in total. The fraction of sp³-hybridized carbons (Fsp3) is 0. The number of fused-ring (bicyclic) bond motifs is 1. The van der Waals surface area contributed by atoms with Crippen molar-refractivity contribution in [1.82, 2.24) is 4.98 Å². The Kier molecular flexibility index (Phi) is 2.16. The number of hydrazine groups is 1. The fourth-order valence-corrected chi connectivity index (χ4v) is 1.60. The maximum absolute atomic E-state index is 5.35. The maximum atomic E-state index is 5.35. The minimum atomic E-state index is 0.838. The van der Waals surface area contributed by atoms with Gasteiger partial charge in [-0.15, -0.1) is 0 Å². The van der Waals surface area contributed by atoms with Gasteiger partial charge >= 0.3 is 0 Å². The SMILES string of the molecule is NNc1cccc2cc(Br)cnc12. The van der Waals surface area contributed by atoms with E-state index < -0.39 is 0 Å². The van der Waals surface area contributed by atoms with Crippen LogP contribution in [0.25, 0.3) is 10.9 Å². The summed E-state index contributed by atoms with van der Waals surface area (Å²) in [5, 5.41) is 1.06. The topological polar surface area (TPSA) is 50.9 Å². The van der Waals surface area contributed by atoms with E-state index >= 15 is 0 Å². The average Bonchev–Trinajstić information content (AvgIpc) is 2.16. The number of nitrogens with one attached hydrogen (secondary N) is 1. The molecule has 0 spiro atoms. The van der Waals surface area contributed by atoms with E-state index in [4.69, 9.17) is 5.84 Å². The molecule has 0 saturated carbocycles. The second-order valence-electron chi connectivity index (χ2n) is 2.68. The van der Waals surface area contributed by atoms with Crippen molar-refractivity contribution in [2.24, 2.45) is 5.84 Å². The summed E-state index contributed by atoms with van der Waals surface area (Å²) in [7, 11) is 0. The molecule has 13 heavy (non-hydrogen) atoms. The molecule has 3 N–H and O–H groups in total. The van der Waals surface area contributed by atoms with Gasteiger partial charge in [0.15, 0.2) is 0 Å². The van der Waals surface area contributed by atoms with Crippen LogP contribution in [-0.4, -0.2) is 4.98 Å². The number of pyridine rings is 1. The van der Waals surface area contributed by atoms with Crippen molar-refractivity contribution in [3.05, 3.63) is 34.9 Å². The largest absolute Gasteiger partial charge is 0.322 e. The number of nitrogens with two attached hydrogens (primary N) is 1. The first-order valence-electron chi connectivity index (χ1n) is 3.82. The molecule has 2 rings (SSSR count). The summed E-state index contributed by atoms with van der Waals surface area (Å²) in [6.07, 6.45) is 1.75. The van der Waals surface area contributed by atoms with E-state index in [1.165, 1.54) is 0 Å². The van der Waals surface area contributed by atoms with Gasteiger partial charge in [-0.3, -0.25) is 10.8 Å². The van der Waals surface area contributed by atoms with Gasteiger partial charge in [0.05, 0.1) is 11.2 Å². The smallest absolute Gasteiger partial charge is 0.0947 e. The van der Waals surface area contributed by atoms with Gasteiger partial charge in [0.2, 0.25) is 0 Å². The lowest BCUT2D eigenvalue weighted by molar-refractivity contribution is 1.33. The van der Waals surface area contributed by atoms with E-state index in [-0.39, 0.29) is 0 Å². The lowest BCUT2D eigenvalue weighted by Crippen LogP contribution is -2.07. The van der Waals surface area contributed by atoms with Crippen molar-refractivity contribution >= 4 is 32.5 Å². The third kappa shape index (κ3) is 1.50. The predicted octanol–water partition coefficient (Wildman–Crippen LogP) is 2.28. The van der Waals surface area contributed by atoms with Crippen molar-refractivity contribution < 1.29 is 0 Å². The predicted molar refractivity (Wildman–Crippen MR) is 57.3 cm³/mol. The molecule has 0 aliphatic carbocycles. The molecule has 1 heterocycles. The Balaban J connectivity index is 2.77. The first-order valence-corrected chi connectivity index (χ1v) is 4.61. The van der Waals surface area contributed by atoms with Crippen LogP contribution < -0.4 is 11.3 Å². The van der Waals surface area contributed by atoms with Crippen LogP contribution in [0.5, 0.6) is 0 Å². The Morgan fingerprint density at radius 1 is 1.38 bits per heavy atom. The van der Waals surface area contributed by atoms with Crippen LogP contribution in [0.4, 0.5) is 5.69 Å². The van der Waals surface area contributed by atoms with Gasteiger partial charge in [0.25, 0.3) is 0 Å². The summed E-state index contributed by atoms with van der Waals surface area (Å²) < 4.78 is 0.967. The van der Waals surface area contributed by atoms with E-state index in [0.717, 1.165) is 21.1 Å². The van der Waals surface area contributed by atoms with E-state index in [1.54, 1.807) is 6.20 Å². The molecule has 0 bridgehead atoms. The minimum Gasteiger partial charge on any atom is -0.322 e. The summed E-state index contributed by atoms with van der Waals surface area (Å²) in [6.45, 7) is 0. The third-order valence-electron chi connectivity index (χ3n) is 1.83. The molecule has 0 fully saturated rings. The summed E-state index contributed by atoms with van der Waals surface area (Å²) in [5.41, 5.74) is 4.33. The molecule has 1 aromatic heterocycles. The Morgan fingerprint density at radius 3 is 3.00 bits per heavy atom. The number of hydrogen-bond donors (Lipinski definition) is 2. The van der Waals surface area contributed by atoms with Crippen molar-refractivity contribution in [2.75, 3.05) is 5.43 Å². The molecule has 66 valence electrons. The third-order valence-corrected chi connectivity index (χ3v) is 2.27. The monoisotopic (exact) mass is 237 g/mol. The van der Waals surface area contributed by atoms with Crippen molar-refractivity contribution in [3.63, 3.8) is 0 Å².